The Hall–Kier alpha value is -1.03. The van der Waals surface area contributed by atoms with E-state index in [0.29, 0.717) is 6.54 Å². The molecule has 2 aliphatic rings. The van der Waals surface area contributed by atoms with Gasteiger partial charge in [-0.3, -0.25) is 0 Å². The first-order valence-corrected chi connectivity index (χ1v) is 8.80. The highest BCUT2D eigenvalue weighted by Crippen LogP contribution is 2.23. The Labute approximate surface area is 135 Å². The van der Waals surface area contributed by atoms with Crippen molar-refractivity contribution in [2.45, 2.75) is 64.9 Å². The van der Waals surface area contributed by atoms with Gasteiger partial charge in [0.25, 0.3) is 0 Å². The Balaban J connectivity index is 1.66. The average molecular weight is 308 g/mol. The van der Waals surface area contributed by atoms with Crippen LogP contribution in [0.2, 0.25) is 0 Å². The highest BCUT2D eigenvalue weighted by molar-refractivity contribution is 5.68. The number of hydrogen-bond donors (Lipinski definition) is 1. The summed E-state index contributed by atoms with van der Waals surface area (Å²) in [6, 6.07) is 0. The van der Waals surface area contributed by atoms with E-state index in [-0.39, 0.29) is 6.09 Å². The van der Waals surface area contributed by atoms with Crippen LogP contribution in [0.3, 0.4) is 0 Å². The van der Waals surface area contributed by atoms with E-state index in [2.05, 4.69) is 11.4 Å². The molecule has 0 spiro atoms. The van der Waals surface area contributed by atoms with Crippen LogP contribution in [0.4, 0.5) is 4.79 Å². The van der Waals surface area contributed by atoms with E-state index in [1.54, 1.807) is 4.90 Å². The lowest BCUT2D eigenvalue weighted by molar-refractivity contribution is 0.0265. The minimum atomic E-state index is -0.414. The number of carbonyl (C=O) groups excluding carboxylic acids is 1. The molecule has 0 radical (unpaired) electrons. The number of rotatable bonds is 4. The Morgan fingerprint density at radius 1 is 1.32 bits per heavy atom. The topological polar surface area (TPSA) is 41.6 Å². The summed E-state index contributed by atoms with van der Waals surface area (Å²) in [7, 11) is 0. The smallest absolute Gasteiger partial charge is 0.410 e. The van der Waals surface area contributed by atoms with Crippen molar-refractivity contribution in [3.63, 3.8) is 0 Å². The molecule has 1 amide bonds. The largest absolute Gasteiger partial charge is 0.444 e. The molecule has 1 fully saturated rings. The van der Waals surface area contributed by atoms with Crippen LogP contribution < -0.4 is 5.32 Å². The second-order valence-electron chi connectivity index (χ2n) is 7.67. The van der Waals surface area contributed by atoms with Gasteiger partial charge >= 0.3 is 6.09 Å². The summed E-state index contributed by atoms with van der Waals surface area (Å²) in [5.41, 5.74) is 1.01. The highest BCUT2D eigenvalue weighted by atomic mass is 16.6. The molecule has 0 atom stereocenters. The molecule has 1 aliphatic heterocycles. The van der Waals surface area contributed by atoms with E-state index in [4.69, 9.17) is 4.74 Å². The van der Waals surface area contributed by atoms with E-state index < -0.39 is 5.60 Å². The zero-order valence-corrected chi connectivity index (χ0v) is 14.5. The maximum Gasteiger partial charge on any atom is 0.410 e. The van der Waals surface area contributed by atoms with Gasteiger partial charge in [-0.1, -0.05) is 30.9 Å². The first kappa shape index (κ1) is 17.3. The lowest BCUT2D eigenvalue weighted by Gasteiger charge is -2.30. The van der Waals surface area contributed by atoms with E-state index in [1.807, 2.05) is 20.8 Å². The van der Waals surface area contributed by atoms with Gasteiger partial charge in [-0.2, -0.15) is 0 Å². The highest BCUT2D eigenvalue weighted by Gasteiger charge is 2.23. The van der Waals surface area contributed by atoms with Crippen molar-refractivity contribution in [1.82, 2.24) is 10.2 Å². The summed E-state index contributed by atoms with van der Waals surface area (Å²) in [6.07, 6.45) is 9.94. The van der Waals surface area contributed by atoms with Gasteiger partial charge in [-0.05, 0) is 52.5 Å². The third-order valence-corrected chi connectivity index (χ3v) is 4.46. The van der Waals surface area contributed by atoms with E-state index in [1.165, 1.54) is 37.7 Å². The van der Waals surface area contributed by atoms with Crippen LogP contribution in [0.25, 0.3) is 0 Å². The number of hydrogen-bond acceptors (Lipinski definition) is 3. The molecule has 126 valence electrons. The number of nitrogens with zero attached hydrogens (tertiary/aromatic N) is 1. The van der Waals surface area contributed by atoms with Crippen molar-refractivity contribution in [3.05, 3.63) is 11.6 Å². The van der Waals surface area contributed by atoms with Crippen molar-refractivity contribution in [2.75, 3.05) is 26.2 Å². The fraction of sp³-hybridized carbons (Fsp3) is 0.833. The van der Waals surface area contributed by atoms with Gasteiger partial charge < -0.3 is 15.0 Å². The second kappa shape index (κ2) is 8.00. The molecular formula is C18H32N2O2. The van der Waals surface area contributed by atoms with E-state index in [0.717, 1.165) is 32.0 Å². The van der Waals surface area contributed by atoms with Crippen LogP contribution in [-0.4, -0.2) is 42.8 Å². The molecule has 1 saturated carbocycles. The van der Waals surface area contributed by atoms with Crippen molar-refractivity contribution in [2.24, 2.45) is 5.92 Å². The zero-order valence-electron chi connectivity index (χ0n) is 14.5. The van der Waals surface area contributed by atoms with Gasteiger partial charge in [-0.15, -0.1) is 0 Å². The summed E-state index contributed by atoms with van der Waals surface area (Å²) in [5, 5.41) is 3.60. The summed E-state index contributed by atoms with van der Waals surface area (Å²) < 4.78 is 5.42. The molecule has 1 heterocycles. The molecule has 1 N–H and O–H groups in total. The number of carbonyl (C=O) groups is 1. The zero-order chi connectivity index (χ0) is 16.0. The molecule has 2 rings (SSSR count). The van der Waals surface area contributed by atoms with E-state index >= 15 is 0 Å². The van der Waals surface area contributed by atoms with Gasteiger partial charge in [-0.25, -0.2) is 4.79 Å². The van der Waals surface area contributed by atoms with Crippen LogP contribution in [0.1, 0.15) is 59.3 Å². The normalized spacial score (nSPS) is 20.7. The van der Waals surface area contributed by atoms with Crippen molar-refractivity contribution >= 4 is 6.09 Å². The molecular weight excluding hydrogens is 276 g/mol. The van der Waals surface area contributed by atoms with Gasteiger partial charge in [0.1, 0.15) is 5.60 Å². The Bertz CT molecular complexity index is 392. The summed E-state index contributed by atoms with van der Waals surface area (Å²) in [4.78, 5) is 13.8. The quantitative estimate of drug-likeness (QED) is 0.805. The van der Waals surface area contributed by atoms with Crippen LogP contribution in [0.15, 0.2) is 11.6 Å². The van der Waals surface area contributed by atoms with Crippen molar-refractivity contribution in [1.29, 1.82) is 0 Å². The fourth-order valence-corrected chi connectivity index (χ4v) is 3.19. The molecule has 1 aliphatic carbocycles. The third kappa shape index (κ3) is 5.99. The molecule has 0 unspecified atom stereocenters. The summed E-state index contributed by atoms with van der Waals surface area (Å²) in [6.45, 7) is 9.29. The minimum Gasteiger partial charge on any atom is -0.444 e. The SMILES string of the molecule is CC(C)(C)OC(=O)N1CC=C(CNCC2CCCCC2)CC1. The Morgan fingerprint density at radius 2 is 2.05 bits per heavy atom. The van der Waals surface area contributed by atoms with Crippen molar-refractivity contribution in [3.8, 4) is 0 Å². The van der Waals surface area contributed by atoms with Crippen LogP contribution in [0.5, 0.6) is 0 Å². The van der Waals surface area contributed by atoms with Gasteiger partial charge in [0.05, 0.1) is 0 Å². The number of nitrogens with one attached hydrogen (secondary N) is 1. The molecule has 4 heteroatoms. The molecule has 0 bridgehead atoms. The number of ether oxygens (including phenoxy) is 1. The summed E-state index contributed by atoms with van der Waals surface area (Å²) in [5.74, 6) is 0.871. The predicted molar refractivity (Wildman–Crippen MR) is 90.0 cm³/mol. The van der Waals surface area contributed by atoms with Gasteiger partial charge in [0, 0.05) is 19.6 Å². The molecule has 0 aromatic rings. The average Bonchev–Trinajstić information content (AvgIpc) is 2.47. The Morgan fingerprint density at radius 3 is 2.64 bits per heavy atom. The van der Waals surface area contributed by atoms with E-state index in [9.17, 15) is 4.79 Å². The van der Waals surface area contributed by atoms with Gasteiger partial charge in [0.15, 0.2) is 0 Å². The Kier molecular flexibility index (Phi) is 6.30. The minimum absolute atomic E-state index is 0.196. The van der Waals surface area contributed by atoms with Crippen LogP contribution >= 0.6 is 0 Å². The maximum atomic E-state index is 12.0. The standard InChI is InChI=1S/C18H32N2O2/c1-18(2,3)22-17(21)20-11-9-16(10-12-20)14-19-13-15-7-5-4-6-8-15/h9,15,19H,4-8,10-14H2,1-3H3. The lowest BCUT2D eigenvalue weighted by Crippen LogP contribution is -2.40. The van der Waals surface area contributed by atoms with Crippen molar-refractivity contribution < 1.29 is 9.53 Å². The van der Waals surface area contributed by atoms with Gasteiger partial charge in [0.2, 0.25) is 0 Å². The molecule has 0 aromatic heterocycles. The second-order valence-corrected chi connectivity index (χ2v) is 7.67. The lowest BCUT2D eigenvalue weighted by atomic mass is 9.89. The molecule has 0 aromatic carbocycles. The predicted octanol–water partition coefficient (Wildman–Crippen LogP) is 3.72. The van der Waals surface area contributed by atoms with Crippen LogP contribution in [-0.2, 0) is 4.74 Å². The maximum absolute atomic E-state index is 12.0. The monoisotopic (exact) mass is 308 g/mol. The van der Waals surface area contributed by atoms with Crippen LogP contribution in [0, 0.1) is 5.92 Å². The molecule has 0 saturated heterocycles. The summed E-state index contributed by atoms with van der Waals surface area (Å²) >= 11 is 0. The third-order valence-electron chi connectivity index (χ3n) is 4.46. The molecule has 4 nitrogen and oxygen atoms in total. The first-order valence-electron chi connectivity index (χ1n) is 8.80. The fourth-order valence-electron chi connectivity index (χ4n) is 3.19. The molecule has 22 heavy (non-hydrogen) atoms. The number of amides is 1. The first-order chi connectivity index (χ1) is 10.4.